The number of benzene rings is 2. The van der Waals surface area contributed by atoms with Crippen molar-refractivity contribution in [1.82, 2.24) is 10.3 Å². The van der Waals surface area contributed by atoms with Crippen molar-refractivity contribution in [3.8, 4) is 0 Å². The van der Waals surface area contributed by atoms with E-state index in [4.69, 9.17) is 12.2 Å². The second kappa shape index (κ2) is 7.70. The molecule has 1 heterocycles. The highest BCUT2D eigenvalue weighted by molar-refractivity contribution is 7.80. The first-order valence-electron chi connectivity index (χ1n) is 8.68. The van der Waals surface area contributed by atoms with E-state index in [0.29, 0.717) is 18.1 Å². The van der Waals surface area contributed by atoms with Crippen LogP contribution in [0.1, 0.15) is 22.3 Å². The van der Waals surface area contributed by atoms with Gasteiger partial charge in [0.2, 0.25) is 0 Å². The summed E-state index contributed by atoms with van der Waals surface area (Å²) in [4.78, 5) is 15.4. The number of hydrogen-bond donors (Lipinski definition) is 3. The van der Waals surface area contributed by atoms with Gasteiger partial charge in [-0.1, -0.05) is 30.3 Å². The van der Waals surface area contributed by atoms with Gasteiger partial charge in [-0.05, 0) is 68.2 Å². The molecule has 3 rings (SSSR count). The van der Waals surface area contributed by atoms with Crippen molar-refractivity contribution in [2.75, 3.05) is 11.9 Å². The molecular formula is C21H23N3OS. The molecule has 26 heavy (non-hydrogen) atoms. The zero-order valence-electron chi connectivity index (χ0n) is 15.3. The number of rotatable bonds is 4. The van der Waals surface area contributed by atoms with E-state index in [2.05, 4.69) is 28.6 Å². The maximum Gasteiger partial charge on any atom is 0.251 e. The summed E-state index contributed by atoms with van der Waals surface area (Å²) in [6.07, 6.45) is 0.605. The molecule has 0 saturated carbocycles. The van der Waals surface area contributed by atoms with Crippen molar-refractivity contribution in [2.24, 2.45) is 0 Å². The zero-order valence-corrected chi connectivity index (χ0v) is 16.1. The number of pyridine rings is 1. The molecule has 0 unspecified atom stereocenters. The number of thiocarbonyl (C=S) groups is 1. The summed E-state index contributed by atoms with van der Waals surface area (Å²) < 4.78 is 0. The summed E-state index contributed by atoms with van der Waals surface area (Å²) in [6, 6.07) is 14.1. The third-order valence-corrected chi connectivity index (χ3v) is 4.84. The minimum atomic E-state index is -0.0363. The molecule has 2 aromatic carbocycles. The molecule has 0 aliphatic rings. The molecule has 0 atom stereocenters. The number of para-hydroxylation sites is 1. The van der Waals surface area contributed by atoms with Crippen molar-refractivity contribution >= 4 is 33.9 Å². The van der Waals surface area contributed by atoms with Crippen LogP contribution in [0.3, 0.4) is 0 Å². The molecule has 1 aromatic heterocycles. The highest BCUT2D eigenvalue weighted by Gasteiger charge is 2.07. The SMILES string of the molecule is Cc1ccccc1NC(=S)NCCc1cc2c(C)ccc(C)c2[nH]c1=O. The van der Waals surface area contributed by atoms with Crippen LogP contribution in [0, 0.1) is 20.8 Å². The normalized spacial score (nSPS) is 10.7. The van der Waals surface area contributed by atoms with Gasteiger partial charge in [-0.15, -0.1) is 0 Å². The summed E-state index contributed by atoms with van der Waals surface area (Å²) in [7, 11) is 0. The first-order valence-corrected chi connectivity index (χ1v) is 9.09. The number of hydrogen-bond acceptors (Lipinski definition) is 2. The predicted octanol–water partition coefficient (Wildman–Crippen LogP) is 3.98. The number of anilines is 1. The predicted molar refractivity (Wildman–Crippen MR) is 113 cm³/mol. The van der Waals surface area contributed by atoms with Gasteiger partial charge in [-0.2, -0.15) is 0 Å². The van der Waals surface area contributed by atoms with E-state index in [1.54, 1.807) is 0 Å². The molecule has 0 aliphatic heterocycles. The Balaban J connectivity index is 1.67. The van der Waals surface area contributed by atoms with E-state index >= 15 is 0 Å². The lowest BCUT2D eigenvalue weighted by atomic mass is 10.0. The van der Waals surface area contributed by atoms with Crippen molar-refractivity contribution in [2.45, 2.75) is 27.2 Å². The van der Waals surface area contributed by atoms with Crippen molar-refractivity contribution in [1.29, 1.82) is 0 Å². The molecule has 3 aromatic rings. The topological polar surface area (TPSA) is 56.9 Å². The fourth-order valence-electron chi connectivity index (χ4n) is 2.99. The molecule has 0 aliphatic carbocycles. The Kier molecular flexibility index (Phi) is 5.38. The summed E-state index contributed by atoms with van der Waals surface area (Å²) in [5, 5.41) is 8.02. The highest BCUT2D eigenvalue weighted by Crippen LogP contribution is 2.19. The van der Waals surface area contributed by atoms with Gasteiger partial charge in [0.25, 0.3) is 5.56 Å². The molecule has 0 radical (unpaired) electrons. The quantitative estimate of drug-likeness (QED) is 0.612. The highest BCUT2D eigenvalue weighted by atomic mass is 32.1. The largest absolute Gasteiger partial charge is 0.362 e. The van der Waals surface area contributed by atoms with Crippen LogP contribution in [0.2, 0.25) is 0 Å². The fraction of sp³-hybridized carbons (Fsp3) is 0.238. The molecule has 4 nitrogen and oxygen atoms in total. The Morgan fingerprint density at radius 2 is 1.77 bits per heavy atom. The number of fused-ring (bicyclic) bond motifs is 1. The van der Waals surface area contributed by atoms with Gasteiger partial charge in [0.15, 0.2) is 5.11 Å². The first-order chi connectivity index (χ1) is 12.5. The number of H-pyrrole nitrogens is 1. The van der Waals surface area contributed by atoms with Gasteiger partial charge < -0.3 is 15.6 Å². The van der Waals surface area contributed by atoms with E-state index in [-0.39, 0.29) is 5.56 Å². The average molecular weight is 366 g/mol. The second-order valence-electron chi connectivity index (χ2n) is 6.56. The molecule has 5 heteroatoms. The van der Waals surface area contributed by atoms with Gasteiger partial charge >= 0.3 is 0 Å². The van der Waals surface area contributed by atoms with Crippen LogP contribution in [-0.4, -0.2) is 16.6 Å². The van der Waals surface area contributed by atoms with Crippen LogP contribution in [-0.2, 0) is 6.42 Å². The van der Waals surface area contributed by atoms with E-state index in [0.717, 1.165) is 38.8 Å². The first kappa shape index (κ1) is 18.1. The van der Waals surface area contributed by atoms with Crippen LogP contribution in [0.25, 0.3) is 10.9 Å². The minimum absolute atomic E-state index is 0.0363. The lowest BCUT2D eigenvalue weighted by Gasteiger charge is -2.12. The second-order valence-corrected chi connectivity index (χ2v) is 6.97. The summed E-state index contributed by atoms with van der Waals surface area (Å²) >= 11 is 5.35. The van der Waals surface area contributed by atoms with E-state index in [1.807, 2.05) is 50.2 Å². The molecule has 0 spiro atoms. The molecule has 0 fully saturated rings. The molecule has 3 N–H and O–H groups in total. The molecular weight excluding hydrogens is 342 g/mol. The zero-order chi connectivity index (χ0) is 18.7. The lowest BCUT2D eigenvalue weighted by molar-refractivity contribution is 0.863. The third-order valence-electron chi connectivity index (χ3n) is 4.59. The number of aryl methyl sites for hydroxylation is 3. The summed E-state index contributed by atoms with van der Waals surface area (Å²) in [5.41, 5.74) is 6.00. The van der Waals surface area contributed by atoms with Crippen molar-refractivity contribution < 1.29 is 0 Å². The summed E-state index contributed by atoms with van der Waals surface area (Å²) in [5.74, 6) is 0. The molecule has 0 amide bonds. The number of nitrogens with one attached hydrogen (secondary N) is 3. The Morgan fingerprint density at radius 3 is 2.54 bits per heavy atom. The third kappa shape index (κ3) is 3.94. The van der Waals surface area contributed by atoms with Crippen molar-refractivity contribution in [3.63, 3.8) is 0 Å². The maximum atomic E-state index is 12.4. The molecule has 134 valence electrons. The van der Waals surface area contributed by atoms with Gasteiger partial charge in [0.1, 0.15) is 0 Å². The maximum absolute atomic E-state index is 12.4. The standard InChI is InChI=1S/C21H23N3OS/c1-13-8-9-15(3)19-17(13)12-16(20(25)24-19)10-11-22-21(26)23-18-7-5-4-6-14(18)2/h4-9,12H,10-11H2,1-3H3,(H,24,25)(H2,22,23,26). The fourth-order valence-corrected chi connectivity index (χ4v) is 3.21. The monoisotopic (exact) mass is 365 g/mol. The van der Waals surface area contributed by atoms with Crippen LogP contribution >= 0.6 is 12.2 Å². The van der Waals surface area contributed by atoms with Gasteiger partial charge in [-0.3, -0.25) is 4.79 Å². The number of aromatic nitrogens is 1. The summed E-state index contributed by atoms with van der Waals surface area (Å²) in [6.45, 7) is 6.69. The Bertz CT molecular complexity index is 1020. The van der Waals surface area contributed by atoms with Crippen molar-refractivity contribution in [3.05, 3.63) is 75.1 Å². The average Bonchev–Trinajstić information content (AvgIpc) is 2.61. The Labute approximate surface area is 158 Å². The Hall–Kier alpha value is -2.66. The van der Waals surface area contributed by atoms with Gasteiger partial charge in [0, 0.05) is 23.2 Å². The number of aromatic amines is 1. The van der Waals surface area contributed by atoms with E-state index in [9.17, 15) is 4.79 Å². The van der Waals surface area contributed by atoms with Gasteiger partial charge in [0.05, 0.1) is 5.52 Å². The van der Waals surface area contributed by atoms with E-state index < -0.39 is 0 Å². The van der Waals surface area contributed by atoms with E-state index in [1.165, 1.54) is 0 Å². The smallest absolute Gasteiger partial charge is 0.251 e. The van der Waals surface area contributed by atoms with Crippen LogP contribution in [0.4, 0.5) is 5.69 Å². The Morgan fingerprint density at radius 1 is 1.04 bits per heavy atom. The lowest BCUT2D eigenvalue weighted by Crippen LogP contribution is -2.31. The minimum Gasteiger partial charge on any atom is -0.362 e. The van der Waals surface area contributed by atoms with Crippen LogP contribution in [0.5, 0.6) is 0 Å². The molecule has 0 bridgehead atoms. The molecule has 0 saturated heterocycles. The van der Waals surface area contributed by atoms with Gasteiger partial charge in [-0.25, -0.2) is 0 Å². The van der Waals surface area contributed by atoms with Crippen LogP contribution in [0.15, 0.2) is 47.3 Å². The van der Waals surface area contributed by atoms with Crippen LogP contribution < -0.4 is 16.2 Å².